The van der Waals surface area contributed by atoms with Gasteiger partial charge in [-0.05, 0) is 58.6 Å². The number of hydrogen-bond acceptors (Lipinski definition) is 6. The number of imidazole rings is 1. The summed E-state index contributed by atoms with van der Waals surface area (Å²) in [6, 6.07) is 18.8. The number of nitrogens with zero attached hydrogens (tertiary/aromatic N) is 2. The van der Waals surface area contributed by atoms with Crippen molar-refractivity contribution in [1.82, 2.24) is 9.55 Å². The lowest BCUT2D eigenvalue weighted by atomic mass is 10.1. The minimum absolute atomic E-state index is 0.132. The van der Waals surface area contributed by atoms with Crippen LogP contribution in [0.4, 0.5) is 14.5 Å². The van der Waals surface area contributed by atoms with Crippen molar-refractivity contribution in [2.24, 2.45) is 0 Å². The SMILES string of the molecule is CSc1nc2c(Br)c(C(=O)Nc3ccc(OC(F)(F)Cl)cc3)ccc2n1C[C@H]1CO[C@H](c2ccccc2)O1. The van der Waals surface area contributed by atoms with Gasteiger partial charge in [0.05, 0.1) is 28.7 Å². The summed E-state index contributed by atoms with van der Waals surface area (Å²) in [7, 11) is 0. The van der Waals surface area contributed by atoms with Crippen LogP contribution in [0, 0.1) is 0 Å². The molecule has 1 fully saturated rings. The van der Waals surface area contributed by atoms with Crippen molar-refractivity contribution in [3.63, 3.8) is 0 Å². The van der Waals surface area contributed by atoms with Crippen LogP contribution < -0.4 is 10.1 Å². The first-order valence-corrected chi connectivity index (χ1v) is 13.8. The number of benzene rings is 3. The lowest BCUT2D eigenvalue weighted by Gasteiger charge is -2.14. The van der Waals surface area contributed by atoms with Gasteiger partial charge in [-0.3, -0.25) is 4.79 Å². The number of carbonyl (C=O) groups excluding carboxylic acids is 1. The molecule has 1 aromatic heterocycles. The Bertz CT molecular complexity index is 1450. The van der Waals surface area contributed by atoms with E-state index in [-0.39, 0.29) is 11.9 Å². The molecule has 2 atom stereocenters. The van der Waals surface area contributed by atoms with E-state index in [0.29, 0.717) is 34.4 Å². The van der Waals surface area contributed by atoms with Crippen molar-refractivity contribution in [2.45, 2.75) is 29.7 Å². The van der Waals surface area contributed by atoms with Crippen molar-refractivity contribution in [2.75, 3.05) is 18.2 Å². The third-order valence-electron chi connectivity index (χ3n) is 5.80. The lowest BCUT2D eigenvalue weighted by Crippen LogP contribution is -2.19. The molecule has 1 saturated heterocycles. The van der Waals surface area contributed by atoms with Crippen LogP contribution in [0.15, 0.2) is 76.4 Å². The number of halogens is 4. The lowest BCUT2D eigenvalue weighted by molar-refractivity contribution is -0.0964. The number of fused-ring (bicyclic) bond motifs is 1. The summed E-state index contributed by atoms with van der Waals surface area (Å²) in [5.41, 5.74) is -0.611. The average molecular weight is 625 g/mol. The van der Waals surface area contributed by atoms with Gasteiger partial charge in [0.1, 0.15) is 17.4 Å². The Hall–Kier alpha value is -2.70. The zero-order chi connectivity index (χ0) is 26.9. The molecule has 1 aliphatic heterocycles. The van der Waals surface area contributed by atoms with Gasteiger partial charge in [0, 0.05) is 22.9 Å². The maximum atomic E-state index is 13.0. The zero-order valence-electron chi connectivity index (χ0n) is 19.9. The van der Waals surface area contributed by atoms with Crippen LogP contribution in [-0.4, -0.2) is 40.0 Å². The normalized spacial score (nSPS) is 17.6. The topological polar surface area (TPSA) is 74.6 Å². The Morgan fingerprint density at radius 2 is 1.95 bits per heavy atom. The van der Waals surface area contributed by atoms with Crippen LogP contribution in [0.2, 0.25) is 0 Å². The molecule has 0 radical (unpaired) electrons. The number of ether oxygens (including phenoxy) is 3. The molecule has 0 unspecified atom stereocenters. The minimum Gasteiger partial charge on any atom is -0.420 e. The van der Waals surface area contributed by atoms with E-state index < -0.39 is 17.8 Å². The Morgan fingerprint density at radius 3 is 2.63 bits per heavy atom. The van der Waals surface area contributed by atoms with Crippen LogP contribution in [0.5, 0.6) is 5.75 Å². The Balaban J connectivity index is 1.33. The van der Waals surface area contributed by atoms with Crippen molar-refractivity contribution in [1.29, 1.82) is 0 Å². The maximum absolute atomic E-state index is 13.0. The molecule has 12 heteroatoms. The molecule has 198 valence electrons. The fraction of sp³-hybridized carbons (Fsp3) is 0.231. The van der Waals surface area contributed by atoms with Crippen LogP contribution in [0.25, 0.3) is 11.0 Å². The Morgan fingerprint density at radius 1 is 1.21 bits per heavy atom. The smallest absolute Gasteiger partial charge is 0.420 e. The first kappa shape index (κ1) is 26.9. The van der Waals surface area contributed by atoms with Crippen molar-refractivity contribution in [3.05, 3.63) is 82.3 Å². The highest BCUT2D eigenvalue weighted by molar-refractivity contribution is 9.10. The van der Waals surface area contributed by atoms with E-state index in [1.54, 1.807) is 6.07 Å². The van der Waals surface area contributed by atoms with E-state index in [2.05, 4.69) is 30.6 Å². The Labute approximate surface area is 234 Å². The third kappa shape index (κ3) is 5.97. The number of hydrogen-bond donors (Lipinski definition) is 1. The van der Waals surface area contributed by atoms with Crippen molar-refractivity contribution >= 4 is 61.9 Å². The molecule has 7 nitrogen and oxygen atoms in total. The second kappa shape index (κ2) is 11.2. The van der Waals surface area contributed by atoms with E-state index in [9.17, 15) is 13.6 Å². The number of rotatable bonds is 8. The van der Waals surface area contributed by atoms with Gasteiger partial charge in [0.2, 0.25) is 0 Å². The predicted molar refractivity (Wildman–Crippen MR) is 145 cm³/mol. The molecule has 0 spiro atoms. The molecule has 1 amide bonds. The summed E-state index contributed by atoms with van der Waals surface area (Å²) in [5, 5.41) is 3.52. The Kier molecular flexibility index (Phi) is 7.92. The van der Waals surface area contributed by atoms with E-state index >= 15 is 0 Å². The largest absolute Gasteiger partial charge is 0.487 e. The second-order valence-corrected chi connectivity index (χ2v) is 10.4. The summed E-state index contributed by atoms with van der Waals surface area (Å²) in [6.07, 6.45) is 1.35. The van der Waals surface area contributed by atoms with Crippen LogP contribution >= 0.6 is 39.3 Å². The quantitative estimate of drug-likeness (QED) is 0.167. The van der Waals surface area contributed by atoms with E-state index in [4.69, 9.17) is 26.1 Å². The monoisotopic (exact) mass is 623 g/mol. The molecular weight excluding hydrogens is 604 g/mol. The summed E-state index contributed by atoms with van der Waals surface area (Å²) in [4.78, 5) is 17.8. The van der Waals surface area contributed by atoms with Crippen LogP contribution in [-0.2, 0) is 16.0 Å². The molecule has 5 rings (SSSR count). The molecule has 1 aliphatic rings. The molecule has 38 heavy (non-hydrogen) atoms. The molecule has 0 bridgehead atoms. The van der Waals surface area contributed by atoms with Crippen LogP contribution in [0.1, 0.15) is 22.2 Å². The number of thioether (sulfide) groups is 1. The molecule has 3 aromatic carbocycles. The highest BCUT2D eigenvalue weighted by Gasteiger charge is 2.30. The molecule has 0 aliphatic carbocycles. The first-order valence-electron chi connectivity index (χ1n) is 11.4. The second-order valence-electron chi connectivity index (χ2n) is 8.36. The maximum Gasteiger partial charge on any atom is 0.487 e. The van der Waals surface area contributed by atoms with E-state index in [1.807, 2.05) is 42.7 Å². The van der Waals surface area contributed by atoms with Gasteiger partial charge in [0.25, 0.3) is 5.91 Å². The highest BCUT2D eigenvalue weighted by Crippen LogP contribution is 2.34. The van der Waals surface area contributed by atoms with Crippen molar-refractivity contribution < 1.29 is 27.8 Å². The summed E-state index contributed by atoms with van der Waals surface area (Å²) in [5.74, 6) is -0.527. The number of aromatic nitrogens is 2. The number of alkyl halides is 3. The van der Waals surface area contributed by atoms with Crippen molar-refractivity contribution in [3.8, 4) is 5.75 Å². The summed E-state index contributed by atoms with van der Waals surface area (Å²) in [6.45, 7) is 0.977. The van der Waals surface area contributed by atoms with E-state index in [1.165, 1.54) is 36.0 Å². The van der Waals surface area contributed by atoms with E-state index in [0.717, 1.165) is 16.2 Å². The van der Waals surface area contributed by atoms with Gasteiger partial charge in [-0.25, -0.2) is 4.98 Å². The van der Waals surface area contributed by atoms with Gasteiger partial charge in [-0.2, -0.15) is 0 Å². The zero-order valence-corrected chi connectivity index (χ0v) is 23.0. The number of amides is 1. The highest BCUT2D eigenvalue weighted by atomic mass is 79.9. The summed E-state index contributed by atoms with van der Waals surface area (Å²) < 4.78 is 44.5. The number of carbonyl (C=O) groups is 1. The van der Waals surface area contributed by atoms with Crippen LogP contribution in [0.3, 0.4) is 0 Å². The fourth-order valence-corrected chi connectivity index (χ4v) is 5.38. The molecule has 4 aromatic rings. The first-order chi connectivity index (χ1) is 18.2. The number of nitrogens with one attached hydrogen (secondary N) is 1. The summed E-state index contributed by atoms with van der Waals surface area (Å²) >= 11 is 9.83. The molecule has 1 N–H and O–H groups in total. The van der Waals surface area contributed by atoms with Gasteiger partial charge in [0.15, 0.2) is 11.4 Å². The van der Waals surface area contributed by atoms with Gasteiger partial charge < -0.3 is 24.1 Å². The third-order valence-corrected chi connectivity index (χ3v) is 7.36. The van der Waals surface area contributed by atoms with Gasteiger partial charge in [-0.1, -0.05) is 42.1 Å². The number of anilines is 1. The molecular formula is C26H21BrClF2N3O4S. The molecule has 0 saturated carbocycles. The average Bonchev–Trinajstić information content (AvgIpc) is 3.50. The molecule has 2 heterocycles. The van der Waals surface area contributed by atoms with Gasteiger partial charge in [-0.15, -0.1) is 8.78 Å². The minimum atomic E-state index is -3.81. The standard InChI is InChI=1S/C26H21BrClF2N3O4S/c1-38-25-32-22-20(33(25)13-18-14-35-24(36-18)15-5-3-2-4-6-15)12-11-19(21(22)27)23(34)31-16-7-9-17(10-8-16)37-26(28,29)30/h2-12,18,24H,13-14H2,1H3,(H,31,34)/t18-,24-/m0/s1. The fourth-order valence-electron chi connectivity index (χ4n) is 4.12. The predicted octanol–water partition coefficient (Wildman–Crippen LogP) is 7.06. The van der Waals surface area contributed by atoms with Gasteiger partial charge >= 0.3 is 5.57 Å².